The number of aromatic nitrogens is 1. The van der Waals surface area contributed by atoms with E-state index >= 15 is 0 Å². The van der Waals surface area contributed by atoms with Crippen LogP contribution in [-0.2, 0) is 6.42 Å². The molecule has 0 spiro atoms. The van der Waals surface area contributed by atoms with E-state index in [-0.39, 0.29) is 0 Å². The maximum Gasteiger partial charge on any atom is 0.152 e. The highest BCUT2D eigenvalue weighted by Gasteiger charge is 2.14. The van der Waals surface area contributed by atoms with Crippen molar-refractivity contribution in [3.63, 3.8) is 0 Å². The number of para-hydroxylation sites is 1. The zero-order valence-electron chi connectivity index (χ0n) is 12.3. The first-order chi connectivity index (χ1) is 10.8. The molecule has 1 heterocycles. The van der Waals surface area contributed by atoms with E-state index in [9.17, 15) is 0 Å². The molecule has 22 heavy (non-hydrogen) atoms. The molecule has 3 nitrogen and oxygen atoms in total. The molecule has 0 saturated carbocycles. The Kier molecular flexibility index (Phi) is 3.93. The van der Waals surface area contributed by atoms with E-state index in [0.717, 1.165) is 34.6 Å². The first-order valence-corrected chi connectivity index (χ1v) is 7.20. The number of nitrogen functional groups attached to an aromatic ring is 1. The average molecular weight is 288 g/mol. The summed E-state index contributed by atoms with van der Waals surface area (Å²) in [6.45, 7) is 2.03. The largest absolute Gasteiger partial charge is 0.398 e. The van der Waals surface area contributed by atoms with Gasteiger partial charge in [-0.25, -0.2) is 0 Å². The summed E-state index contributed by atoms with van der Waals surface area (Å²) < 4.78 is 5.43. The van der Waals surface area contributed by atoms with Crippen molar-refractivity contribution in [2.45, 2.75) is 13.3 Å². The van der Waals surface area contributed by atoms with Crippen LogP contribution in [0.1, 0.15) is 23.8 Å². The minimum Gasteiger partial charge on any atom is -0.398 e. The molecule has 0 radical (unpaired) electrons. The van der Waals surface area contributed by atoms with Crippen molar-refractivity contribution in [1.29, 1.82) is 0 Å². The third-order valence-electron chi connectivity index (χ3n) is 3.41. The molecule has 0 amide bonds. The van der Waals surface area contributed by atoms with Crippen LogP contribution in [0.4, 0.5) is 5.69 Å². The van der Waals surface area contributed by atoms with Crippen LogP contribution < -0.4 is 5.73 Å². The Balaban J connectivity index is 2.08. The Morgan fingerprint density at radius 1 is 1.00 bits per heavy atom. The van der Waals surface area contributed by atoms with Gasteiger partial charge < -0.3 is 10.3 Å². The van der Waals surface area contributed by atoms with Crippen molar-refractivity contribution in [1.82, 2.24) is 5.16 Å². The van der Waals surface area contributed by atoms with E-state index in [0.29, 0.717) is 5.69 Å². The van der Waals surface area contributed by atoms with Crippen molar-refractivity contribution in [2.24, 2.45) is 0 Å². The molecular weight excluding hydrogens is 272 g/mol. The maximum absolute atomic E-state index is 5.94. The number of hydrogen-bond acceptors (Lipinski definition) is 3. The number of anilines is 1. The number of benzene rings is 2. The molecular formula is C19H16N2O. The van der Waals surface area contributed by atoms with Gasteiger partial charge in [0.1, 0.15) is 5.69 Å². The minimum atomic E-state index is 0.672. The van der Waals surface area contributed by atoms with E-state index in [4.69, 9.17) is 10.3 Å². The molecule has 0 fully saturated rings. The lowest BCUT2D eigenvalue weighted by molar-refractivity contribution is 0.388. The smallest absolute Gasteiger partial charge is 0.152 e. The molecule has 0 unspecified atom stereocenters. The normalized spacial score (nSPS) is 10.0. The first-order valence-electron chi connectivity index (χ1n) is 7.20. The predicted octanol–water partition coefficient (Wildman–Crippen LogP) is 3.89. The van der Waals surface area contributed by atoms with Gasteiger partial charge >= 0.3 is 0 Å². The third kappa shape index (κ3) is 2.72. The maximum atomic E-state index is 5.94. The summed E-state index contributed by atoms with van der Waals surface area (Å²) in [5.74, 6) is 7.10. The molecule has 0 atom stereocenters. The summed E-state index contributed by atoms with van der Waals surface area (Å²) in [5.41, 5.74) is 10.0. The average Bonchev–Trinajstić information content (AvgIpc) is 2.98. The SMILES string of the molecule is CCc1onc(-c2ccccc2)c1C#Cc1ccccc1N. The quantitative estimate of drug-likeness (QED) is 0.575. The third-order valence-corrected chi connectivity index (χ3v) is 3.41. The second-order valence-electron chi connectivity index (χ2n) is 4.89. The molecule has 2 aromatic carbocycles. The van der Waals surface area contributed by atoms with Crippen LogP contribution in [0.15, 0.2) is 59.1 Å². The van der Waals surface area contributed by atoms with Gasteiger partial charge in [-0.1, -0.05) is 66.4 Å². The molecule has 3 rings (SSSR count). The topological polar surface area (TPSA) is 52.0 Å². The fraction of sp³-hybridized carbons (Fsp3) is 0.105. The van der Waals surface area contributed by atoms with Crippen molar-refractivity contribution in [2.75, 3.05) is 5.73 Å². The number of nitrogens with zero attached hydrogens (tertiary/aromatic N) is 1. The first kappa shape index (κ1) is 14.0. The second kappa shape index (κ2) is 6.19. The molecule has 3 heteroatoms. The number of nitrogens with two attached hydrogens (primary N) is 1. The van der Waals surface area contributed by atoms with Crippen LogP contribution in [0.5, 0.6) is 0 Å². The second-order valence-corrected chi connectivity index (χ2v) is 4.89. The minimum absolute atomic E-state index is 0.672. The van der Waals surface area contributed by atoms with E-state index in [1.54, 1.807) is 0 Å². The van der Waals surface area contributed by atoms with E-state index in [2.05, 4.69) is 17.0 Å². The predicted molar refractivity (Wildman–Crippen MR) is 88.2 cm³/mol. The Morgan fingerprint density at radius 2 is 1.73 bits per heavy atom. The van der Waals surface area contributed by atoms with Crippen LogP contribution in [0.3, 0.4) is 0 Å². The summed E-state index contributed by atoms with van der Waals surface area (Å²) >= 11 is 0. The Labute approximate surface area is 129 Å². The van der Waals surface area contributed by atoms with Crippen LogP contribution >= 0.6 is 0 Å². The number of hydrogen-bond donors (Lipinski definition) is 1. The summed E-state index contributed by atoms with van der Waals surface area (Å²) in [7, 11) is 0. The van der Waals surface area contributed by atoms with E-state index in [1.165, 1.54) is 0 Å². The fourth-order valence-corrected chi connectivity index (χ4v) is 2.23. The molecule has 0 aliphatic rings. The van der Waals surface area contributed by atoms with Crippen molar-refractivity contribution in [3.8, 4) is 23.1 Å². The van der Waals surface area contributed by atoms with Gasteiger partial charge in [0.05, 0.1) is 5.56 Å². The van der Waals surface area contributed by atoms with Gasteiger partial charge in [-0.05, 0) is 12.1 Å². The van der Waals surface area contributed by atoms with Crippen LogP contribution in [0, 0.1) is 11.8 Å². The van der Waals surface area contributed by atoms with Crippen LogP contribution in [0.2, 0.25) is 0 Å². The highest BCUT2D eigenvalue weighted by atomic mass is 16.5. The van der Waals surface area contributed by atoms with Gasteiger partial charge in [0, 0.05) is 23.2 Å². The van der Waals surface area contributed by atoms with Crippen molar-refractivity contribution in [3.05, 3.63) is 71.5 Å². The Bertz CT molecular complexity index is 839. The summed E-state index contributed by atoms with van der Waals surface area (Å²) in [4.78, 5) is 0. The molecule has 1 aromatic heterocycles. The Hall–Kier alpha value is -2.99. The zero-order valence-corrected chi connectivity index (χ0v) is 12.3. The monoisotopic (exact) mass is 288 g/mol. The van der Waals surface area contributed by atoms with Gasteiger partial charge in [0.25, 0.3) is 0 Å². The van der Waals surface area contributed by atoms with Crippen LogP contribution in [-0.4, -0.2) is 5.16 Å². The van der Waals surface area contributed by atoms with Gasteiger partial charge in [-0.3, -0.25) is 0 Å². The highest BCUT2D eigenvalue weighted by Crippen LogP contribution is 2.25. The van der Waals surface area contributed by atoms with Crippen LogP contribution in [0.25, 0.3) is 11.3 Å². The lowest BCUT2D eigenvalue weighted by atomic mass is 10.0. The van der Waals surface area contributed by atoms with Gasteiger partial charge in [-0.2, -0.15) is 0 Å². The molecule has 2 N–H and O–H groups in total. The molecule has 0 aliphatic carbocycles. The fourth-order valence-electron chi connectivity index (χ4n) is 2.23. The lowest BCUT2D eigenvalue weighted by Gasteiger charge is -1.97. The molecule has 108 valence electrons. The number of aryl methyl sites for hydroxylation is 1. The molecule has 0 bridgehead atoms. The highest BCUT2D eigenvalue weighted by molar-refractivity contribution is 5.69. The van der Waals surface area contributed by atoms with E-state index < -0.39 is 0 Å². The van der Waals surface area contributed by atoms with Gasteiger partial charge in [-0.15, -0.1) is 0 Å². The standard InChI is InChI=1S/C19H16N2O/c1-2-18-16(13-12-14-8-6-7-11-17(14)20)19(21-22-18)15-9-4-3-5-10-15/h3-11H,2,20H2,1H3. The summed E-state index contributed by atoms with van der Waals surface area (Å²) in [6.07, 6.45) is 0.744. The molecule has 0 aliphatic heterocycles. The van der Waals surface area contributed by atoms with Gasteiger partial charge in [0.15, 0.2) is 5.76 Å². The van der Waals surface area contributed by atoms with E-state index in [1.807, 2.05) is 61.5 Å². The van der Waals surface area contributed by atoms with Crippen molar-refractivity contribution >= 4 is 5.69 Å². The summed E-state index contributed by atoms with van der Waals surface area (Å²) in [5, 5.41) is 4.18. The Morgan fingerprint density at radius 3 is 2.45 bits per heavy atom. The lowest BCUT2D eigenvalue weighted by Crippen LogP contribution is -1.89. The molecule has 3 aromatic rings. The number of rotatable bonds is 2. The molecule has 0 saturated heterocycles. The zero-order chi connectivity index (χ0) is 15.4. The van der Waals surface area contributed by atoms with Crippen molar-refractivity contribution < 1.29 is 4.52 Å². The summed E-state index contributed by atoms with van der Waals surface area (Å²) in [6, 6.07) is 17.5. The van der Waals surface area contributed by atoms with Gasteiger partial charge in [0.2, 0.25) is 0 Å².